The van der Waals surface area contributed by atoms with Gasteiger partial charge in [-0.25, -0.2) is 0 Å². The Kier molecular flexibility index (Phi) is 6.94. The molecule has 0 radical (unpaired) electrons. The van der Waals surface area contributed by atoms with Crippen molar-refractivity contribution >= 4 is 18.3 Å². The fraction of sp³-hybridized carbons (Fsp3) is 0.650. The molecule has 1 saturated heterocycles. The van der Waals surface area contributed by atoms with Crippen LogP contribution in [0.3, 0.4) is 0 Å². The Hall–Kier alpha value is -1.26. The van der Waals surface area contributed by atoms with Crippen molar-refractivity contribution in [3.63, 3.8) is 0 Å². The first-order valence-corrected chi connectivity index (χ1v) is 8.80. The van der Waals surface area contributed by atoms with Gasteiger partial charge in [0.2, 0.25) is 5.91 Å². The van der Waals surface area contributed by atoms with E-state index in [1.165, 1.54) is 0 Å². The van der Waals surface area contributed by atoms with E-state index in [1.54, 1.807) is 0 Å². The third-order valence-electron chi connectivity index (χ3n) is 4.84. The second-order valence-electron chi connectivity index (χ2n) is 8.43. The van der Waals surface area contributed by atoms with Crippen molar-refractivity contribution in [1.29, 1.82) is 0 Å². The highest BCUT2D eigenvalue weighted by Gasteiger charge is 2.47. The topological polar surface area (TPSA) is 50.4 Å². The smallest absolute Gasteiger partial charge is 0.225 e. The van der Waals surface area contributed by atoms with Crippen LogP contribution in [0.2, 0.25) is 0 Å². The molecule has 1 fully saturated rings. The Labute approximate surface area is 158 Å². The van der Waals surface area contributed by atoms with Crippen LogP contribution in [-0.4, -0.2) is 29.6 Å². The van der Waals surface area contributed by atoms with Gasteiger partial charge in [-0.2, -0.15) is 0 Å². The number of rotatable bonds is 5. The van der Waals surface area contributed by atoms with Crippen LogP contribution in [0.4, 0.5) is 0 Å². The predicted molar refractivity (Wildman–Crippen MR) is 106 cm³/mol. The number of ether oxygens (including phenoxy) is 1. The van der Waals surface area contributed by atoms with Gasteiger partial charge in [0.1, 0.15) is 12.4 Å². The fourth-order valence-electron chi connectivity index (χ4n) is 3.82. The number of hydrogen-bond acceptors (Lipinski definition) is 3. The highest BCUT2D eigenvalue weighted by atomic mass is 35.5. The molecule has 5 heteroatoms. The minimum absolute atomic E-state index is 0. The van der Waals surface area contributed by atoms with E-state index in [-0.39, 0.29) is 41.4 Å². The van der Waals surface area contributed by atoms with Gasteiger partial charge in [-0.1, -0.05) is 18.2 Å². The Morgan fingerprint density at radius 1 is 1.28 bits per heavy atom. The third-order valence-corrected chi connectivity index (χ3v) is 4.84. The lowest BCUT2D eigenvalue weighted by Crippen LogP contribution is -2.50. The molecule has 1 aromatic rings. The van der Waals surface area contributed by atoms with Crippen molar-refractivity contribution in [1.82, 2.24) is 10.6 Å². The highest BCUT2D eigenvalue weighted by Crippen LogP contribution is 2.35. The summed E-state index contributed by atoms with van der Waals surface area (Å²) in [6.45, 7) is 15.0. The van der Waals surface area contributed by atoms with Gasteiger partial charge in [0.05, 0.1) is 12.0 Å². The lowest BCUT2D eigenvalue weighted by atomic mass is 9.86. The first kappa shape index (κ1) is 21.8. The molecule has 2 rings (SSSR count). The minimum atomic E-state index is -0.194. The maximum Gasteiger partial charge on any atom is 0.225 e. The van der Waals surface area contributed by atoms with Crippen molar-refractivity contribution in [2.45, 2.75) is 72.0 Å². The lowest BCUT2D eigenvalue weighted by Gasteiger charge is -2.28. The minimum Gasteiger partial charge on any atom is -0.491 e. The largest absolute Gasteiger partial charge is 0.491 e. The first-order chi connectivity index (χ1) is 11.0. The molecule has 25 heavy (non-hydrogen) atoms. The van der Waals surface area contributed by atoms with Gasteiger partial charge in [-0.15, -0.1) is 12.4 Å². The van der Waals surface area contributed by atoms with Gasteiger partial charge in [-0.05, 0) is 66.0 Å². The maximum absolute atomic E-state index is 12.7. The molecular weight excluding hydrogens is 336 g/mol. The molecule has 2 unspecified atom stereocenters. The number of halogens is 1. The van der Waals surface area contributed by atoms with Gasteiger partial charge < -0.3 is 15.4 Å². The fourth-order valence-corrected chi connectivity index (χ4v) is 3.82. The molecule has 1 aromatic carbocycles. The van der Waals surface area contributed by atoms with E-state index in [0.29, 0.717) is 6.61 Å². The van der Waals surface area contributed by atoms with E-state index < -0.39 is 0 Å². The SMILES string of the molecule is Cc1cccc(C)c1OCC(C)NC(=O)C1CC(C)(C)NC1(C)C.Cl. The molecule has 2 atom stereocenters. The molecule has 0 aromatic heterocycles. The molecule has 2 N–H and O–H groups in total. The summed E-state index contributed by atoms with van der Waals surface area (Å²) in [5, 5.41) is 6.67. The zero-order valence-corrected chi connectivity index (χ0v) is 17.3. The van der Waals surface area contributed by atoms with E-state index in [0.717, 1.165) is 23.3 Å². The van der Waals surface area contributed by atoms with E-state index in [9.17, 15) is 4.79 Å². The summed E-state index contributed by atoms with van der Waals surface area (Å²) in [6.07, 6.45) is 0.844. The van der Waals surface area contributed by atoms with Crippen LogP contribution in [0, 0.1) is 19.8 Å². The average Bonchev–Trinajstić information content (AvgIpc) is 2.66. The van der Waals surface area contributed by atoms with Gasteiger partial charge >= 0.3 is 0 Å². The zero-order valence-electron chi connectivity index (χ0n) is 16.5. The molecule has 1 amide bonds. The quantitative estimate of drug-likeness (QED) is 0.831. The second-order valence-corrected chi connectivity index (χ2v) is 8.43. The maximum atomic E-state index is 12.7. The number of para-hydroxylation sites is 1. The molecular formula is C20H33ClN2O2. The summed E-state index contributed by atoms with van der Waals surface area (Å²) in [6, 6.07) is 6.08. The van der Waals surface area contributed by atoms with Crippen LogP contribution in [0.15, 0.2) is 18.2 Å². The molecule has 4 nitrogen and oxygen atoms in total. The number of amides is 1. The van der Waals surface area contributed by atoms with Crippen LogP contribution in [0.25, 0.3) is 0 Å². The number of hydrogen-bond donors (Lipinski definition) is 2. The Balaban J connectivity index is 0.00000312. The zero-order chi connectivity index (χ0) is 18.1. The normalized spacial score (nSPS) is 22.0. The lowest BCUT2D eigenvalue weighted by molar-refractivity contribution is -0.127. The molecule has 1 aliphatic heterocycles. The van der Waals surface area contributed by atoms with Crippen molar-refractivity contribution in [2.24, 2.45) is 5.92 Å². The summed E-state index contributed by atoms with van der Waals surface area (Å²) in [7, 11) is 0. The predicted octanol–water partition coefficient (Wildman–Crippen LogP) is 3.78. The van der Waals surface area contributed by atoms with Crippen molar-refractivity contribution in [2.75, 3.05) is 6.61 Å². The summed E-state index contributed by atoms with van der Waals surface area (Å²) >= 11 is 0. The summed E-state index contributed by atoms with van der Waals surface area (Å²) in [4.78, 5) is 12.7. The Bertz CT molecular complexity index is 593. The van der Waals surface area contributed by atoms with Crippen LogP contribution >= 0.6 is 12.4 Å². The summed E-state index contributed by atoms with van der Waals surface area (Å²) in [5.41, 5.74) is 2.04. The first-order valence-electron chi connectivity index (χ1n) is 8.80. The van der Waals surface area contributed by atoms with Gasteiger partial charge in [0, 0.05) is 11.1 Å². The Morgan fingerprint density at radius 3 is 2.32 bits per heavy atom. The third kappa shape index (κ3) is 5.35. The molecule has 1 heterocycles. The molecule has 0 aliphatic carbocycles. The monoisotopic (exact) mass is 368 g/mol. The highest BCUT2D eigenvalue weighted by molar-refractivity contribution is 5.85. The van der Waals surface area contributed by atoms with E-state index >= 15 is 0 Å². The van der Waals surface area contributed by atoms with Crippen LogP contribution in [-0.2, 0) is 4.79 Å². The van der Waals surface area contributed by atoms with Gasteiger partial charge in [-0.3, -0.25) is 4.79 Å². The van der Waals surface area contributed by atoms with Crippen LogP contribution in [0.1, 0.15) is 52.2 Å². The van der Waals surface area contributed by atoms with Gasteiger partial charge in [0.25, 0.3) is 0 Å². The van der Waals surface area contributed by atoms with Crippen molar-refractivity contribution < 1.29 is 9.53 Å². The van der Waals surface area contributed by atoms with Crippen molar-refractivity contribution in [3.05, 3.63) is 29.3 Å². The molecule has 1 aliphatic rings. The second kappa shape index (κ2) is 7.96. The molecule has 0 spiro atoms. The van der Waals surface area contributed by atoms with Crippen LogP contribution in [0.5, 0.6) is 5.75 Å². The van der Waals surface area contributed by atoms with Crippen LogP contribution < -0.4 is 15.4 Å². The summed E-state index contributed by atoms with van der Waals surface area (Å²) < 4.78 is 5.96. The number of benzene rings is 1. The number of nitrogens with one attached hydrogen (secondary N) is 2. The Morgan fingerprint density at radius 2 is 1.84 bits per heavy atom. The standard InChI is InChI=1S/C20H32N2O2.ClH/c1-13-9-8-10-14(2)17(13)24-12-15(3)21-18(23)16-11-19(4,5)22-20(16,6)7;/h8-10,15-16,22H,11-12H2,1-7H3,(H,21,23);1H. The van der Waals surface area contributed by atoms with Gasteiger partial charge in [0.15, 0.2) is 0 Å². The number of aryl methyl sites for hydroxylation is 2. The molecule has 142 valence electrons. The number of carbonyl (C=O) groups is 1. The van der Waals surface area contributed by atoms with E-state index in [2.05, 4.69) is 38.3 Å². The molecule has 0 bridgehead atoms. The van der Waals surface area contributed by atoms with E-state index in [4.69, 9.17) is 4.74 Å². The van der Waals surface area contributed by atoms with E-state index in [1.807, 2.05) is 39.0 Å². The number of carbonyl (C=O) groups excluding carboxylic acids is 1. The summed E-state index contributed by atoms with van der Waals surface area (Å²) in [5.74, 6) is 0.994. The average molecular weight is 369 g/mol. The molecule has 0 saturated carbocycles. The van der Waals surface area contributed by atoms with Crippen molar-refractivity contribution in [3.8, 4) is 5.75 Å².